The molecule has 4 nitrogen and oxygen atoms in total. The van der Waals surface area contributed by atoms with Gasteiger partial charge in [0.05, 0.1) is 18.3 Å². The van der Waals surface area contributed by atoms with Gasteiger partial charge < -0.3 is 4.74 Å². The first-order valence-corrected chi connectivity index (χ1v) is 6.94. The third-order valence-electron chi connectivity index (χ3n) is 3.24. The number of nitrogens with zero attached hydrogens (tertiary/aromatic N) is 1. The highest BCUT2D eigenvalue weighted by molar-refractivity contribution is 5.75. The highest BCUT2D eigenvalue weighted by Gasteiger charge is 2.38. The molecule has 0 saturated carbocycles. The van der Waals surface area contributed by atoms with Crippen LogP contribution in [0, 0.1) is 0 Å². The van der Waals surface area contributed by atoms with Gasteiger partial charge >= 0.3 is 5.97 Å². The van der Waals surface area contributed by atoms with Crippen molar-refractivity contribution in [2.45, 2.75) is 45.3 Å². The zero-order valence-corrected chi connectivity index (χ0v) is 11.5. The lowest BCUT2D eigenvalue weighted by molar-refractivity contribution is -0.154. The van der Waals surface area contributed by atoms with Gasteiger partial charge in [0, 0.05) is 6.42 Å². The summed E-state index contributed by atoms with van der Waals surface area (Å²) in [6.07, 6.45) is 2.29. The largest absolute Gasteiger partial charge is 0.464 e. The average Bonchev–Trinajstić information content (AvgIpc) is 2.85. The first-order valence-electron chi connectivity index (χ1n) is 6.94. The Labute approximate surface area is 114 Å². The Balaban J connectivity index is 2.10. The molecule has 1 aliphatic rings. The second-order valence-electron chi connectivity index (χ2n) is 4.69. The van der Waals surface area contributed by atoms with E-state index in [0.717, 1.165) is 18.5 Å². The molecule has 1 aliphatic heterocycles. The van der Waals surface area contributed by atoms with E-state index in [2.05, 4.69) is 6.92 Å². The smallest absolute Gasteiger partial charge is 0.338 e. The number of rotatable bonds is 5. The lowest BCUT2D eigenvalue weighted by Crippen LogP contribution is -2.28. The summed E-state index contributed by atoms with van der Waals surface area (Å²) < 4.78 is 5.05. The van der Waals surface area contributed by atoms with E-state index < -0.39 is 6.10 Å². The molecule has 1 saturated heterocycles. The predicted octanol–water partition coefficient (Wildman–Crippen LogP) is 2.93. The Morgan fingerprint density at radius 2 is 2.11 bits per heavy atom. The molecule has 0 amide bonds. The van der Waals surface area contributed by atoms with Crippen LogP contribution in [0.5, 0.6) is 0 Å². The number of esters is 1. The molecule has 2 rings (SSSR count). The molecule has 0 aliphatic carbocycles. The van der Waals surface area contributed by atoms with E-state index in [1.54, 1.807) is 0 Å². The number of anilines is 1. The molecule has 4 heteroatoms. The van der Waals surface area contributed by atoms with Crippen LogP contribution in [0.15, 0.2) is 30.3 Å². The number of hydrogen-bond acceptors (Lipinski definition) is 4. The Bertz CT molecular complexity index is 407. The van der Waals surface area contributed by atoms with Crippen molar-refractivity contribution in [3.63, 3.8) is 0 Å². The maximum Gasteiger partial charge on any atom is 0.338 e. The molecule has 1 heterocycles. The van der Waals surface area contributed by atoms with Gasteiger partial charge in [0.1, 0.15) is 0 Å². The Morgan fingerprint density at radius 1 is 1.37 bits per heavy atom. The average molecular weight is 263 g/mol. The van der Waals surface area contributed by atoms with Crippen molar-refractivity contribution in [1.82, 2.24) is 0 Å². The molecule has 1 aromatic rings. The molecule has 104 valence electrons. The summed E-state index contributed by atoms with van der Waals surface area (Å²) in [5.74, 6) is -0.262. The first-order chi connectivity index (χ1) is 9.26. The van der Waals surface area contributed by atoms with E-state index in [1.165, 1.54) is 0 Å². The van der Waals surface area contributed by atoms with Crippen molar-refractivity contribution in [1.29, 1.82) is 0 Å². The highest BCUT2D eigenvalue weighted by atomic mass is 16.7. The maximum atomic E-state index is 11.8. The third-order valence-corrected chi connectivity index (χ3v) is 3.24. The molecular weight excluding hydrogens is 242 g/mol. The summed E-state index contributed by atoms with van der Waals surface area (Å²) >= 11 is 0. The standard InChI is InChI=1S/C15H21NO3/c1-3-8-13-11-14(15(17)18-4-2)19-16(13)12-9-6-5-7-10-12/h5-7,9-10,13-14H,3-4,8,11H2,1-2H3. The molecule has 0 spiro atoms. The van der Waals surface area contributed by atoms with E-state index in [-0.39, 0.29) is 12.0 Å². The van der Waals surface area contributed by atoms with Gasteiger partial charge in [0.25, 0.3) is 0 Å². The first kappa shape index (κ1) is 13.9. The number of benzene rings is 1. The number of hydrogen-bond donors (Lipinski definition) is 0. The lowest BCUT2D eigenvalue weighted by Gasteiger charge is -2.24. The molecule has 0 N–H and O–H groups in total. The molecule has 2 atom stereocenters. The van der Waals surface area contributed by atoms with Crippen LogP contribution in [0.4, 0.5) is 5.69 Å². The van der Waals surface area contributed by atoms with Crippen molar-refractivity contribution < 1.29 is 14.4 Å². The van der Waals surface area contributed by atoms with Gasteiger partial charge in [-0.2, -0.15) is 0 Å². The summed E-state index contributed by atoms with van der Waals surface area (Å²) in [5, 5.41) is 1.87. The van der Waals surface area contributed by atoms with Crippen LogP contribution in [-0.2, 0) is 14.4 Å². The number of carbonyl (C=O) groups excluding carboxylic acids is 1. The van der Waals surface area contributed by atoms with Crippen molar-refractivity contribution in [3.8, 4) is 0 Å². The Hall–Kier alpha value is -1.55. The summed E-state index contributed by atoms with van der Waals surface area (Å²) in [5.41, 5.74) is 0.993. The van der Waals surface area contributed by atoms with E-state index in [1.807, 2.05) is 42.3 Å². The van der Waals surface area contributed by atoms with E-state index in [9.17, 15) is 4.79 Å². The molecule has 0 radical (unpaired) electrons. The zero-order chi connectivity index (χ0) is 13.7. The number of para-hydroxylation sites is 1. The van der Waals surface area contributed by atoms with Gasteiger partial charge in [-0.15, -0.1) is 0 Å². The maximum absolute atomic E-state index is 11.8. The van der Waals surface area contributed by atoms with Gasteiger partial charge in [-0.1, -0.05) is 31.5 Å². The van der Waals surface area contributed by atoms with Crippen LogP contribution in [-0.4, -0.2) is 24.7 Å². The Morgan fingerprint density at radius 3 is 2.74 bits per heavy atom. The fourth-order valence-corrected chi connectivity index (χ4v) is 2.40. The topological polar surface area (TPSA) is 38.8 Å². The van der Waals surface area contributed by atoms with Gasteiger partial charge in [0.2, 0.25) is 0 Å². The number of hydroxylamine groups is 1. The minimum Gasteiger partial charge on any atom is -0.464 e. The van der Waals surface area contributed by atoms with E-state index in [4.69, 9.17) is 9.57 Å². The quantitative estimate of drug-likeness (QED) is 0.766. The molecule has 1 aromatic carbocycles. The predicted molar refractivity (Wildman–Crippen MR) is 73.7 cm³/mol. The van der Waals surface area contributed by atoms with Gasteiger partial charge in [-0.05, 0) is 25.5 Å². The van der Waals surface area contributed by atoms with Crippen LogP contribution >= 0.6 is 0 Å². The van der Waals surface area contributed by atoms with Gasteiger partial charge in [-0.25, -0.2) is 4.79 Å². The second-order valence-corrected chi connectivity index (χ2v) is 4.69. The number of carbonyl (C=O) groups is 1. The summed E-state index contributed by atoms with van der Waals surface area (Å²) in [7, 11) is 0. The van der Waals surface area contributed by atoms with Gasteiger partial charge in [-0.3, -0.25) is 9.90 Å². The van der Waals surface area contributed by atoms with E-state index in [0.29, 0.717) is 13.0 Å². The zero-order valence-electron chi connectivity index (χ0n) is 11.5. The molecule has 0 aromatic heterocycles. The third kappa shape index (κ3) is 3.26. The Kier molecular flexibility index (Phi) is 4.80. The van der Waals surface area contributed by atoms with Crippen molar-refractivity contribution in [2.75, 3.05) is 11.7 Å². The van der Waals surface area contributed by atoms with Crippen LogP contribution in [0.2, 0.25) is 0 Å². The van der Waals surface area contributed by atoms with Crippen LogP contribution in [0.25, 0.3) is 0 Å². The van der Waals surface area contributed by atoms with Crippen LogP contribution in [0.1, 0.15) is 33.1 Å². The van der Waals surface area contributed by atoms with Crippen molar-refractivity contribution in [3.05, 3.63) is 30.3 Å². The minimum atomic E-state index is -0.475. The normalized spacial score (nSPS) is 22.5. The van der Waals surface area contributed by atoms with E-state index >= 15 is 0 Å². The molecular formula is C15H21NO3. The van der Waals surface area contributed by atoms with Crippen molar-refractivity contribution >= 4 is 11.7 Å². The monoisotopic (exact) mass is 263 g/mol. The number of ether oxygens (including phenoxy) is 1. The molecule has 19 heavy (non-hydrogen) atoms. The summed E-state index contributed by atoms with van der Waals surface area (Å²) in [6.45, 7) is 4.34. The van der Waals surface area contributed by atoms with Crippen molar-refractivity contribution in [2.24, 2.45) is 0 Å². The minimum absolute atomic E-state index is 0.238. The SMILES string of the molecule is CCCC1CC(C(=O)OCC)ON1c1ccccc1. The lowest BCUT2D eigenvalue weighted by atomic mass is 10.1. The second kappa shape index (κ2) is 6.57. The fourth-order valence-electron chi connectivity index (χ4n) is 2.40. The summed E-state index contributed by atoms with van der Waals surface area (Å²) in [4.78, 5) is 17.6. The fraction of sp³-hybridized carbons (Fsp3) is 0.533. The summed E-state index contributed by atoms with van der Waals surface area (Å²) in [6, 6.07) is 10.1. The molecule has 2 unspecified atom stereocenters. The van der Waals surface area contributed by atoms with Crippen LogP contribution < -0.4 is 5.06 Å². The van der Waals surface area contributed by atoms with Gasteiger partial charge in [0.15, 0.2) is 6.10 Å². The molecule has 1 fully saturated rings. The molecule has 0 bridgehead atoms. The highest BCUT2D eigenvalue weighted by Crippen LogP contribution is 2.30. The van der Waals surface area contributed by atoms with Crippen LogP contribution in [0.3, 0.4) is 0 Å².